The quantitative estimate of drug-likeness (QED) is 0.566. The maximum Gasteiger partial charge on any atom is 0.298 e. The van der Waals surface area contributed by atoms with Crippen molar-refractivity contribution in [2.24, 2.45) is 5.10 Å². The summed E-state index contributed by atoms with van der Waals surface area (Å²) >= 11 is 0. The minimum absolute atomic E-state index is 0.209. The number of ether oxygens (including phenoxy) is 3. The third-order valence-electron chi connectivity index (χ3n) is 4.42. The van der Waals surface area contributed by atoms with E-state index in [1.54, 1.807) is 25.5 Å². The van der Waals surface area contributed by atoms with Crippen molar-refractivity contribution in [3.05, 3.63) is 58.6 Å². The Hall–Kier alpha value is -3.81. The first-order valence-electron chi connectivity index (χ1n) is 8.24. The summed E-state index contributed by atoms with van der Waals surface area (Å²) in [5.74, 6) is 2.06. The van der Waals surface area contributed by atoms with Crippen LogP contribution in [0.3, 0.4) is 0 Å². The van der Waals surface area contributed by atoms with Gasteiger partial charge in [0.15, 0.2) is 11.5 Å². The molecule has 0 amide bonds. The lowest BCUT2D eigenvalue weighted by atomic mass is 10.2. The molecule has 0 saturated carbocycles. The van der Waals surface area contributed by atoms with Crippen LogP contribution in [0, 0.1) is 0 Å². The summed E-state index contributed by atoms with van der Waals surface area (Å²) in [6, 6.07) is 11.0. The number of hydrogen-bond donors (Lipinski definition) is 1. The van der Waals surface area contributed by atoms with Crippen LogP contribution in [0.5, 0.6) is 17.2 Å². The Labute approximate surface area is 152 Å². The normalized spacial score (nSPS) is 13.1. The van der Waals surface area contributed by atoms with E-state index in [9.17, 15) is 4.79 Å². The van der Waals surface area contributed by atoms with Gasteiger partial charge in [0.05, 0.1) is 18.8 Å². The van der Waals surface area contributed by atoms with E-state index in [1.807, 2.05) is 24.3 Å². The van der Waals surface area contributed by atoms with E-state index in [4.69, 9.17) is 14.2 Å². The van der Waals surface area contributed by atoms with E-state index in [-0.39, 0.29) is 12.4 Å². The van der Waals surface area contributed by atoms with Crippen molar-refractivity contribution in [3.8, 4) is 17.2 Å². The second-order valence-electron chi connectivity index (χ2n) is 6.01. The molecule has 1 aliphatic heterocycles. The van der Waals surface area contributed by atoms with E-state index in [1.165, 1.54) is 11.0 Å². The Kier molecular flexibility index (Phi) is 3.36. The summed E-state index contributed by atoms with van der Waals surface area (Å²) < 4.78 is 17.0. The minimum atomic E-state index is -0.285. The van der Waals surface area contributed by atoms with Crippen LogP contribution in [0.2, 0.25) is 0 Å². The van der Waals surface area contributed by atoms with Crippen LogP contribution >= 0.6 is 0 Å². The molecule has 0 aliphatic carbocycles. The summed E-state index contributed by atoms with van der Waals surface area (Å²) in [6.07, 6.45) is 2.98. The summed E-state index contributed by atoms with van der Waals surface area (Å²) in [6.45, 7) is 0.209. The van der Waals surface area contributed by atoms with Gasteiger partial charge in [0.1, 0.15) is 23.1 Å². The van der Waals surface area contributed by atoms with Crippen LogP contribution in [0.15, 0.2) is 52.6 Å². The summed E-state index contributed by atoms with van der Waals surface area (Å²) in [5, 5.41) is 5.09. The first kappa shape index (κ1) is 15.4. The fourth-order valence-corrected chi connectivity index (χ4v) is 3.06. The van der Waals surface area contributed by atoms with Crippen molar-refractivity contribution in [2.45, 2.75) is 0 Å². The molecule has 8 nitrogen and oxygen atoms in total. The Morgan fingerprint density at radius 2 is 2.11 bits per heavy atom. The van der Waals surface area contributed by atoms with Gasteiger partial charge in [0.25, 0.3) is 5.56 Å². The highest BCUT2D eigenvalue weighted by Gasteiger charge is 2.13. The van der Waals surface area contributed by atoms with Gasteiger partial charge in [-0.3, -0.25) is 4.79 Å². The summed E-state index contributed by atoms with van der Waals surface area (Å²) in [5.41, 5.74) is 2.28. The van der Waals surface area contributed by atoms with Gasteiger partial charge in [-0.2, -0.15) is 9.78 Å². The van der Waals surface area contributed by atoms with Crippen LogP contribution in [0.25, 0.3) is 21.9 Å². The Morgan fingerprint density at radius 3 is 3.00 bits per heavy atom. The number of aromatic nitrogens is 3. The van der Waals surface area contributed by atoms with Crippen molar-refractivity contribution in [3.63, 3.8) is 0 Å². The molecule has 3 heterocycles. The van der Waals surface area contributed by atoms with Crippen LogP contribution in [-0.4, -0.2) is 34.8 Å². The predicted molar refractivity (Wildman–Crippen MR) is 100.0 cm³/mol. The zero-order valence-corrected chi connectivity index (χ0v) is 14.3. The van der Waals surface area contributed by atoms with E-state index >= 15 is 0 Å². The molecule has 0 saturated heterocycles. The molecule has 0 radical (unpaired) electrons. The average Bonchev–Trinajstić information content (AvgIpc) is 3.31. The van der Waals surface area contributed by atoms with Crippen molar-refractivity contribution in [2.75, 3.05) is 13.9 Å². The lowest BCUT2D eigenvalue weighted by Gasteiger charge is -1.99. The molecule has 8 heteroatoms. The molecule has 0 unspecified atom stereocenters. The third kappa shape index (κ3) is 2.50. The van der Waals surface area contributed by atoms with Gasteiger partial charge in [0.2, 0.25) is 6.79 Å². The lowest BCUT2D eigenvalue weighted by Crippen LogP contribution is -2.17. The Morgan fingerprint density at radius 1 is 1.22 bits per heavy atom. The topological polar surface area (TPSA) is 90.7 Å². The highest BCUT2D eigenvalue weighted by Crippen LogP contribution is 2.32. The molecular weight excluding hydrogens is 348 g/mol. The molecular formula is C19H14N4O4. The van der Waals surface area contributed by atoms with Crippen molar-refractivity contribution >= 4 is 28.2 Å². The Bertz CT molecular complexity index is 1270. The van der Waals surface area contributed by atoms with Crippen LogP contribution in [-0.2, 0) is 0 Å². The van der Waals surface area contributed by atoms with Gasteiger partial charge in [-0.25, -0.2) is 4.98 Å². The predicted octanol–water partition coefficient (Wildman–Crippen LogP) is 2.50. The first-order valence-corrected chi connectivity index (χ1v) is 8.24. The molecule has 2 aromatic heterocycles. The van der Waals surface area contributed by atoms with E-state index in [2.05, 4.69) is 15.1 Å². The number of benzene rings is 2. The highest BCUT2D eigenvalue weighted by molar-refractivity contribution is 6.04. The van der Waals surface area contributed by atoms with E-state index in [0.29, 0.717) is 28.3 Å². The molecule has 4 aromatic rings. The smallest absolute Gasteiger partial charge is 0.298 e. The zero-order chi connectivity index (χ0) is 18.4. The van der Waals surface area contributed by atoms with Gasteiger partial charge >= 0.3 is 0 Å². The highest BCUT2D eigenvalue weighted by atomic mass is 16.7. The number of rotatable bonds is 3. The molecule has 2 aromatic carbocycles. The van der Waals surface area contributed by atoms with Crippen molar-refractivity contribution in [1.82, 2.24) is 14.6 Å². The minimum Gasteiger partial charge on any atom is -0.497 e. The second kappa shape index (κ2) is 5.87. The van der Waals surface area contributed by atoms with Gasteiger partial charge < -0.3 is 19.2 Å². The number of hydrogen-bond acceptors (Lipinski definition) is 6. The molecule has 0 bridgehead atoms. The number of nitrogens with one attached hydrogen (secondary N) is 1. The van der Waals surface area contributed by atoms with Gasteiger partial charge in [-0.15, -0.1) is 0 Å². The standard InChI is InChI=1S/C19H14N4O4/c1-25-12-3-4-13-14(7-12)22-18-17(13)20-9-23(19(18)24)21-8-11-2-5-15-16(6-11)27-10-26-15/h2-9,22H,10H2,1H3/b21-8-. The van der Waals surface area contributed by atoms with Crippen LogP contribution in [0.4, 0.5) is 0 Å². The maximum atomic E-state index is 12.8. The molecule has 0 spiro atoms. The maximum absolute atomic E-state index is 12.8. The molecule has 27 heavy (non-hydrogen) atoms. The van der Waals surface area contributed by atoms with Gasteiger partial charge in [0, 0.05) is 11.5 Å². The molecule has 134 valence electrons. The molecule has 0 atom stereocenters. The number of fused-ring (bicyclic) bond motifs is 4. The largest absolute Gasteiger partial charge is 0.497 e. The number of H-pyrrole nitrogens is 1. The molecule has 1 N–H and O–H groups in total. The van der Waals surface area contributed by atoms with E-state index in [0.717, 1.165) is 16.5 Å². The zero-order valence-electron chi connectivity index (χ0n) is 14.3. The first-order chi connectivity index (χ1) is 13.2. The number of methoxy groups -OCH3 is 1. The fraction of sp³-hybridized carbons (Fsp3) is 0.105. The van der Waals surface area contributed by atoms with Crippen molar-refractivity contribution < 1.29 is 14.2 Å². The van der Waals surface area contributed by atoms with Gasteiger partial charge in [-0.05, 0) is 35.9 Å². The fourth-order valence-electron chi connectivity index (χ4n) is 3.06. The summed E-state index contributed by atoms with van der Waals surface area (Å²) in [4.78, 5) is 20.3. The third-order valence-corrected chi connectivity index (χ3v) is 4.42. The van der Waals surface area contributed by atoms with Gasteiger partial charge in [-0.1, -0.05) is 0 Å². The average molecular weight is 362 g/mol. The van der Waals surface area contributed by atoms with Crippen LogP contribution in [0.1, 0.15) is 5.56 Å². The Balaban J connectivity index is 1.56. The molecule has 5 rings (SSSR count). The van der Waals surface area contributed by atoms with Crippen molar-refractivity contribution in [1.29, 1.82) is 0 Å². The number of aromatic amines is 1. The monoisotopic (exact) mass is 362 g/mol. The SMILES string of the molecule is COc1ccc2c(c1)[nH]c1c(=O)n(/N=C\c3ccc4c(c3)OCO4)cnc12. The lowest BCUT2D eigenvalue weighted by molar-refractivity contribution is 0.174. The second-order valence-corrected chi connectivity index (χ2v) is 6.01. The molecule has 1 aliphatic rings. The summed E-state index contributed by atoms with van der Waals surface area (Å²) in [7, 11) is 1.60. The van der Waals surface area contributed by atoms with E-state index < -0.39 is 0 Å². The van der Waals surface area contributed by atoms with Crippen LogP contribution < -0.4 is 19.8 Å². The number of nitrogens with zero attached hydrogens (tertiary/aromatic N) is 3. The molecule has 0 fully saturated rings.